The van der Waals surface area contributed by atoms with Gasteiger partial charge in [-0.2, -0.15) is 0 Å². The predicted octanol–water partition coefficient (Wildman–Crippen LogP) is 1.80. The number of carbonyl (C=O) groups is 1. The lowest BCUT2D eigenvalue weighted by Gasteiger charge is -2.13. The molecule has 0 aliphatic heterocycles. The molecule has 1 aliphatic carbocycles. The molecule has 2 rings (SSSR count). The highest BCUT2D eigenvalue weighted by atomic mass is 16.6. The third kappa shape index (κ3) is 3.45. The molecule has 1 aromatic carbocycles. The fraction of sp³-hybridized carbons (Fsp3) is 0.462. The number of amides is 1. The van der Waals surface area contributed by atoms with Gasteiger partial charge in [-0.3, -0.25) is 20.8 Å². The van der Waals surface area contributed by atoms with Crippen LogP contribution in [-0.2, 0) is 0 Å². The lowest BCUT2D eigenvalue weighted by Crippen LogP contribution is -2.32. The molecule has 7 heteroatoms. The molecule has 1 aliphatic rings. The second kappa shape index (κ2) is 5.87. The van der Waals surface area contributed by atoms with Gasteiger partial charge in [-0.25, -0.2) is 0 Å². The number of hydrazine groups is 1. The van der Waals surface area contributed by atoms with E-state index in [0.29, 0.717) is 5.92 Å². The van der Waals surface area contributed by atoms with E-state index in [2.05, 4.69) is 10.7 Å². The zero-order valence-electron chi connectivity index (χ0n) is 11.3. The lowest BCUT2D eigenvalue weighted by molar-refractivity contribution is -0.384. The number of nitrogens with two attached hydrogens (primary N) is 1. The second-order valence-corrected chi connectivity index (χ2v) is 5.19. The molecule has 1 fully saturated rings. The summed E-state index contributed by atoms with van der Waals surface area (Å²) in [4.78, 5) is 22.4. The highest BCUT2D eigenvalue weighted by Crippen LogP contribution is 2.33. The second-order valence-electron chi connectivity index (χ2n) is 5.19. The Balaban J connectivity index is 2.08. The maximum absolute atomic E-state index is 12.0. The first-order valence-electron chi connectivity index (χ1n) is 6.57. The number of nitro benzene ring substituents is 1. The molecule has 1 saturated carbocycles. The lowest BCUT2D eigenvalue weighted by atomic mass is 10.1. The van der Waals surface area contributed by atoms with E-state index in [-0.39, 0.29) is 28.9 Å². The molecule has 0 aromatic heterocycles. The Morgan fingerprint density at radius 2 is 2.25 bits per heavy atom. The van der Waals surface area contributed by atoms with E-state index < -0.39 is 4.92 Å². The number of nitrogens with one attached hydrogen (secondary N) is 2. The van der Waals surface area contributed by atoms with Gasteiger partial charge >= 0.3 is 0 Å². The minimum atomic E-state index is -0.570. The average Bonchev–Trinajstić information content (AvgIpc) is 3.21. The van der Waals surface area contributed by atoms with Crippen molar-refractivity contribution < 1.29 is 9.72 Å². The predicted molar refractivity (Wildman–Crippen MR) is 75.2 cm³/mol. The maximum atomic E-state index is 12.0. The SMILES string of the molecule is CC(CC1CC1)NC(=O)c1ccc(NN)c([N+](=O)[O-])c1. The van der Waals surface area contributed by atoms with Gasteiger partial charge in [0.1, 0.15) is 5.69 Å². The van der Waals surface area contributed by atoms with Crippen molar-refractivity contribution >= 4 is 17.3 Å². The summed E-state index contributed by atoms with van der Waals surface area (Å²) >= 11 is 0. The number of nitrogens with zero attached hydrogens (tertiary/aromatic N) is 1. The summed E-state index contributed by atoms with van der Waals surface area (Å²) in [5.41, 5.74) is 2.47. The van der Waals surface area contributed by atoms with Gasteiger partial charge in [-0.15, -0.1) is 0 Å². The summed E-state index contributed by atoms with van der Waals surface area (Å²) in [5.74, 6) is 5.61. The van der Waals surface area contributed by atoms with Crippen LogP contribution >= 0.6 is 0 Å². The molecular formula is C13H18N4O3. The number of anilines is 1. The van der Waals surface area contributed by atoms with Crippen LogP contribution < -0.4 is 16.6 Å². The smallest absolute Gasteiger partial charge is 0.294 e. The highest BCUT2D eigenvalue weighted by molar-refractivity contribution is 5.95. The molecule has 1 amide bonds. The average molecular weight is 278 g/mol. The Hall–Kier alpha value is -2.15. The van der Waals surface area contributed by atoms with Gasteiger partial charge in [0, 0.05) is 17.7 Å². The first-order valence-corrected chi connectivity index (χ1v) is 6.57. The van der Waals surface area contributed by atoms with Crippen molar-refractivity contribution in [2.75, 3.05) is 5.43 Å². The minimum absolute atomic E-state index is 0.0707. The number of benzene rings is 1. The van der Waals surface area contributed by atoms with E-state index in [9.17, 15) is 14.9 Å². The normalized spacial score (nSPS) is 15.5. The molecule has 108 valence electrons. The van der Waals surface area contributed by atoms with Gasteiger partial charge in [0.2, 0.25) is 0 Å². The van der Waals surface area contributed by atoms with Crippen molar-refractivity contribution in [1.29, 1.82) is 0 Å². The molecule has 0 bridgehead atoms. The van der Waals surface area contributed by atoms with Gasteiger partial charge in [0.25, 0.3) is 11.6 Å². The maximum Gasteiger partial charge on any atom is 0.294 e. The van der Waals surface area contributed by atoms with E-state index >= 15 is 0 Å². The zero-order chi connectivity index (χ0) is 14.7. The largest absolute Gasteiger partial charge is 0.350 e. The Morgan fingerprint density at radius 1 is 1.55 bits per heavy atom. The van der Waals surface area contributed by atoms with Crippen molar-refractivity contribution in [2.45, 2.75) is 32.2 Å². The fourth-order valence-corrected chi connectivity index (χ4v) is 2.17. The molecule has 1 unspecified atom stereocenters. The number of hydrogen-bond donors (Lipinski definition) is 3. The quantitative estimate of drug-likeness (QED) is 0.417. The number of rotatable bonds is 6. The number of hydrogen-bond acceptors (Lipinski definition) is 5. The zero-order valence-corrected chi connectivity index (χ0v) is 11.3. The molecule has 0 radical (unpaired) electrons. The number of carbonyl (C=O) groups excluding carboxylic acids is 1. The van der Waals surface area contributed by atoms with Crippen LogP contribution in [0.1, 0.15) is 36.5 Å². The minimum Gasteiger partial charge on any atom is -0.350 e. The van der Waals surface area contributed by atoms with Crippen molar-refractivity contribution in [3.05, 3.63) is 33.9 Å². The van der Waals surface area contributed by atoms with E-state index in [0.717, 1.165) is 6.42 Å². The van der Waals surface area contributed by atoms with Gasteiger partial charge in [-0.05, 0) is 31.4 Å². The van der Waals surface area contributed by atoms with Crippen molar-refractivity contribution in [3.63, 3.8) is 0 Å². The van der Waals surface area contributed by atoms with E-state index in [4.69, 9.17) is 5.84 Å². The van der Waals surface area contributed by atoms with Crippen LogP contribution in [0.2, 0.25) is 0 Å². The van der Waals surface area contributed by atoms with Crippen molar-refractivity contribution in [3.8, 4) is 0 Å². The molecule has 1 aromatic rings. The van der Waals surface area contributed by atoms with Crippen LogP contribution in [-0.4, -0.2) is 16.9 Å². The monoisotopic (exact) mass is 278 g/mol. The molecule has 0 saturated heterocycles. The molecule has 0 heterocycles. The van der Waals surface area contributed by atoms with Crippen LogP contribution in [0.5, 0.6) is 0 Å². The summed E-state index contributed by atoms with van der Waals surface area (Å²) in [6.45, 7) is 1.94. The van der Waals surface area contributed by atoms with Crippen LogP contribution in [0.25, 0.3) is 0 Å². The van der Waals surface area contributed by atoms with Gasteiger partial charge in [0.05, 0.1) is 4.92 Å². The Morgan fingerprint density at radius 3 is 2.80 bits per heavy atom. The Kier molecular flexibility index (Phi) is 4.19. The number of nitro groups is 1. The fourth-order valence-electron chi connectivity index (χ4n) is 2.17. The third-order valence-corrected chi connectivity index (χ3v) is 3.37. The Bertz CT molecular complexity index is 528. The summed E-state index contributed by atoms with van der Waals surface area (Å²) in [6, 6.07) is 4.25. The summed E-state index contributed by atoms with van der Waals surface area (Å²) < 4.78 is 0. The topological polar surface area (TPSA) is 110 Å². The molecule has 1 atom stereocenters. The van der Waals surface area contributed by atoms with Gasteiger partial charge in [0.15, 0.2) is 0 Å². The first kappa shape index (κ1) is 14.3. The third-order valence-electron chi connectivity index (χ3n) is 3.37. The van der Waals surface area contributed by atoms with Crippen LogP contribution in [0.4, 0.5) is 11.4 Å². The summed E-state index contributed by atoms with van der Waals surface area (Å²) in [6.07, 6.45) is 3.40. The Labute approximate surface area is 116 Å². The van der Waals surface area contributed by atoms with Crippen LogP contribution in [0, 0.1) is 16.0 Å². The molecular weight excluding hydrogens is 260 g/mol. The van der Waals surface area contributed by atoms with Gasteiger partial charge in [-0.1, -0.05) is 12.8 Å². The first-order chi connectivity index (χ1) is 9.51. The molecule has 0 spiro atoms. The molecule has 4 N–H and O–H groups in total. The summed E-state index contributed by atoms with van der Waals surface area (Å²) in [7, 11) is 0. The van der Waals surface area contributed by atoms with E-state index in [1.54, 1.807) is 0 Å². The van der Waals surface area contributed by atoms with Gasteiger partial charge < -0.3 is 10.7 Å². The van der Waals surface area contributed by atoms with E-state index in [1.165, 1.54) is 31.0 Å². The van der Waals surface area contributed by atoms with Crippen LogP contribution in [0.3, 0.4) is 0 Å². The highest BCUT2D eigenvalue weighted by Gasteiger charge is 2.25. The van der Waals surface area contributed by atoms with Crippen molar-refractivity contribution in [2.24, 2.45) is 11.8 Å². The number of nitrogen functional groups attached to an aromatic ring is 1. The van der Waals surface area contributed by atoms with Crippen molar-refractivity contribution in [1.82, 2.24) is 5.32 Å². The van der Waals surface area contributed by atoms with E-state index in [1.807, 2.05) is 6.92 Å². The molecule has 20 heavy (non-hydrogen) atoms. The molecule has 7 nitrogen and oxygen atoms in total. The summed E-state index contributed by atoms with van der Waals surface area (Å²) in [5, 5.41) is 13.8. The van der Waals surface area contributed by atoms with Crippen LogP contribution in [0.15, 0.2) is 18.2 Å². The standard InChI is InChI=1S/C13H18N4O3/c1-8(6-9-2-3-9)15-13(18)10-4-5-11(16-14)12(7-10)17(19)20/h4-5,7-9,16H,2-3,6,14H2,1H3,(H,15,18).